The van der Waals surface area contributed by atoms with Crippen molar-refractivity contribution in [2.45, 2.75) is 38.6 Å². The van der Waals surface area contributed by atoms with Crippen LogP contribution < -0.4 is 10.0 Å². The van der Waals surface area contributed by atoms with Gasteiger partial charge in [0, 0.05) is 18.8 Å². The summed E-state index contributed by atoms with van der Waals surface area (Å²) in [6.45, 7) is 8.31. The fraction of sp³-hybridized carbons (Fsp3) is 0.583. The number of aromatic nitrogens is 1. The summed E-state index contributed by atoms with van der Waals surface area (Å²) in [5.74, 6) is 0.694. The molecule has 1 aromatic rings. The summed E-state index contributed by atoms with van der Waals surface area (Å²) in [6, 6.07) is 1.25. The largest absolute Gasteiger partial charge is 0.369 e. The number of sulfonamides is 1. The molecule has 0 saturated carbocycles. The van der Waals surface area contributed by atoms with Gasteiger partial charge in [-0.3, -0.25) is 0 Å². The Kier molecular flexibility index (Phi) is 5.58. The predicted molar refractivity (Wildman–Crippen MR) is 78.0 cm³/mol. The van der Waals surface area contributed by atoms with Crippen LogP contribution in [0.5, 0.6) is 0 Å². The summed E-state index contributed by atoms with van der Waals surface area (Å²) in [4.78, 5) is 4.10. The zero-order chi connectivity index (χ0) is 14.6. The van der Waals surface area contributed by atoms with Crippen molar-refractivity contribution in [2.75, 3.05) is 11.9 Å². The first-order chi connectivity index (χ1) is 8.77. The second-order valence-electron chi connectivity index (χ2n) is 4.69. The maximum atomic E-state index is 12.1. The highest BCUT2D eigenvalue weighted by molar-refractivity contribution is 7.89. The van der Waals surface area contributed by atoms with Crippen LogP contribution >= 0.6 is 11.6 Å². The highest BCUT2D eigenvalue weighted by Crippen LogP contribution is 2.22. The van der Waals surface area contributed by atoms with E-state index in [2.05, 4.69) is 15.0 Å². The summed E-state index contributed by atoms with van der Waals surface area (Å²) in [7, 11) is -3.58. The molecule has 0 aliphatic carbocycles. The number of pyridine rings is 1. The van der Waals surface area contributed by atoms with Crippen LogP contribution in [0.3, 0.4) is 0 Å². The summed E-state index contributed by atoms with van der Waals surface area (Å²) in [6.07, 6.45) is 1.30. The van der Waals surface area contributed by atoms with E-state index in [9.17, 15) is 8.42 Å². The van der Waals surface area contributed by atoms with Crippen molar-refractivity contribution in [3.05, 3.63) is 17.3 Å². The molecular weight excluding hydrogens is 286 g/mol. The molecule has 0 amide bonds. The second-order valence-corrected chi connectivity index (χ2v) is 6.81. The van der Waals surface area contributed by atoms with Gasteiger partial charge in [-0.2, -0.15) is 0 Å². The number of halogens is 1. The summed E-state index contributed by atoms with van der Waals surface area (Å²) < 4.78 is 26.9. The molecule has 108 valence electrons. The van der Waals surface area contributed by atoms with Crippen molar-refractivity contribution >= 4 is 27.4 Å². The Bertz CT molecular complexity index is 532. The zero-order valence-electron chi connectivity index (χ0n) is 11.6. The SMILES string of the molecule is CCNc1ncc(S(=O)(=O)NC(C)C(C)C)cc1Cl. The fourth-order valence-corrected chi connectivity index (χ4v) is 2.97. The van der Waals surface area contributed by atoms with Crippen molar-refractivity contribution in [2.24, 2.45) is 5.92 Å². The van der Waals surface area contributed by atoms with Gasteiger partial charge in [-0.1, -0.05) is 25.4 Å². The van der Waals surface area contributed by atoms with E-state index in [0.717, 1.165) is 0 Å². The van der Waals surface area contributed by atoms with E-state index in [1.807, 2.05) is 27.7 Å². The molecule has 0 saturated heterocycles. The summed E-state index contributed by atoms with van der Waals surface area (Å²) in [5, 5.41) is 3.25. The average Bonchev–Trinajstić information content (AvgIpc) is 2.31. The molecule has 1 rings (SSSR count). The number of anilines is 1. The fourth-order valence-electron chi connectivity index (χ4n) is 1.31. The van der Waals surface area contributed by atoms with E-state index in [4.69, 9.17) is 11.6 Å². The number of nitrogens with zero attached hydrogens (tertiary/aromatic N) is 1. The van der Waals surface area contributed by atoms with Gasteiger partial charge in [-0.15, -0.1) is 0 Å². The van der Waals surface area contributed by atoms with E-state index in [1.54, 1.807) is 0 Å². The molecule has 1 aromatic heterocycles. The van der Waals surface area contributed by atoms with Gasteiger partial charge in [0.1, 0.15) is 10.7 Å². The lowest BCUT2D eigenvalue weighted by Crippen LogP contribution is -2.36. The molecule has 0 aliphatic heterocycles. The minimum Gasteiger partial charge on any atom is -0.369 e. The van der Waals surface area contributed by atoms with E-state index < -0.39 is 10.0 Å². The first-order valence-corrected chi connectivity index (χ1v) is 8.05. The number of rotatable bonds is 6. The van der Waals surface area contributed by atoms with Crippen molar-refractivity contribution in [1.29, 1.82) is 0 Å². The third-order valence-corrected chi connectivity index (χ3v) is 4.63. The molecule has 0 aromatic carbocycles. The van der Waals surface area contributed by atoms with Gasteiger partial charge in [-0.05, 0) is 25.8 Å². The lowest BCUT2D eigenvalue weighted by Gasteiger charge is -2.17. The lowest BCUT2D eigenvalue weighted by molar-refractivity contribution is 0.476. The standard InChI is InChI=1S/C12H20ClN3O2S/c1-5-14-12-11(13)6-10(7-15-12)19(17,18)16-9(4)8(2)3/h6-9,16H,5H2,1-4H3,(H,14,15). The van der Waals surface area contributed by atoms with Crippen LogP contribution in [0, 0.1) is 5.92 Å². The minimum atomic E-state index is -3.58. The molecule has 0 bridgehead atoms. The van der Waals surface area contributed by atoms with E-state index in [1.165, 1.54) is 12.3 Å². The molecule has 19 heavy (non-hydrogen) atoms. The van der Waals surface area contributed by atoms with Crippen LogP contribution in [-0.4, -0.2) is 26.0 Å². The monoisotopic (exact) mass is 305 g/mol. The van der Waals surface area contributed by atoms with E-state index in [0.29, 0.717) is 17.4 Å². The molecule has 1 unspecified atom stereocenters. The Labute approximate surface area is 119 Å². The van der Waals surface area contributed by atoms with Gasteiger partial charge >= 0.3 is 0 Å². The maximum absolute atomic E-state index is 12.1. The molecule has 1 atom stereocenters. The quantitative estimate of drug-likeness (QED) is 0.847. The third kappa shape index (κ3) is 4.33. The molecule has 7 heteroatoms. The molecule has 2 N–H and O–H groups in total. The van der Waals surface area contributed by atoms with Crippen LogP contribution in [0.2, 0.25) is 5.02 Å². The number of hydrogen-bond acceptors (Lipinski definition) is 4. The van der Waals surface area contributed by atoms with Gasteiger partial charge in [0.15, 0.2) is 0 Å². The number of hydrogen-bond donors (Lipinski definition) is 2. The highest BCUT2D eigenvalue weighted by atomic mass is 35.5. The Balaban J connectivity index is 2.99. The van der Waals surface area contributed by atoms with Crippen molar-refractivity contribution < 1.29 is 8.42 Å². The van der Waals surface area contributed by atoms with Gasteiger partial charge in [0.25, 0.3) is 0 Å². The molecule has 1 heterocycles. The van der Waals surface area contributed by atoms with Crippen LogP contribution in [0.4, 0.5) is 5.82 Å². The second kappa shape index (κ2) is 6.54. The molecule has 0 fully saturated rings. The molecule has 0 spiro atoms. The van der Waals surface area contributed by atoms with Gasteiger partial charge < -0.3 is 5.32 Å². The van der Waals surface area contributed by atoms with Crippen LogP contribution in [0.25, 0.3) is 0 Å². The summed E-state index contributed by atoms with van der Waals surface area (Å²) >= 11 is 6.00. The lowest BCUT2D eigenvalue weighted by atomic mass is 10.1. The van der Waals surface area contributed by atoms with Crippen molar-refractivity contribution in [1.82, 2.24) is 9.71 Å². The topological polar surface area (TPSA) is 71.1 Å². The Morgan fingerprint density at radius 3 is 2.47 bits per heavy atom. The molecular formula is C12H20ClN3O2S. The van der Waals surface area contributed by atoms with Crippen LogP contribution in [-0.2, 0) is 10.0 Å². The first-order valence-electron chi connectivity index (χ1n) is 6.19. The smallest absolute Gasteiger partial charge is 0.242 e. The Morgan fingerprint density at radius 2 is 2.00 bits per heavy atom. The van der Waals surface area contributed by atoms with E-state index in [-0.39, 0.29) is 16.9 Å². The van der Waals surface area contributed by atoms with Gasteiger partial charge in [0.05, 0.1) is 5.02 Å². The predicted octanol–water partition coefficient (Wildman–Crippen LogP) is 2.49. The number of nitrogens with one attached hydrogen (secondary N) is 2. The zero-order valence-corrected chi connectivity index (χ0v) is 13.1. The van der Waals surface area contributed by atoms with Gasteiger partial charge in [0.2, 0.25) is 10.0 Å². The van der Waals surface area contributed by atoms with Gasteiger partial charge in [-0.25, -0.2) is 18.1 Å². The summed E-state index contributed by atoms with van der Waals surface area (Å²) in [5.41, 5.74) is 0. The van der Waals surface area contributed by atoms with Crippen LogP contribution in [0.15, 0.2) is 17.2 Å². The molecule has 0 aliphatic rings. The van der Waals surface area contributed by atoms with Crippen molar-refractivity contribution in [3.63, 3.8) is 0 Å². The third-order valence-electron chi connectivity index (χ3n) is 2.81. The Morgan fingerprint density at radius 1 is 1.37 bits per heavy atom. The molecule has 5 nitrogen and oxygen atoms in total. The minimum absolute atomic E-state index is 0.0756. The Hall–Kier alpha value is -0.850. The van der Waals surface area contributed by atoms with Crippen molar-refractivity contribution in [3.8, 4) is 0 Å². The van der Waals surface area contributed by atoms with E-state index >= 15 is 0 Å². The maximum Gasteiger partial charge on any atom is 0.242 e. The first kappa shape index (κ1) is 16.2. The average molecular weight is 306 g/mol. The van der Waals surface area contributed by atoms with Crippen LogP contribution in [0.1, 0.15) is 27.7 Å². The normalized spacial score (nSPS) is 13.6. The highest BCUT2D eigenvalue weighted by Gasteiger charge is 2.20. The molecule has 0 radical (unpaired) electrons.